The van der Waals surface area contributed by atoms with Gasteiger partial charge in [-0.2, -0.15) is 0 Å². The predicted octanol–water partition coefficient (Wildman–Crippen LogP) is 6.43. The van der Waals surface area contributed by atoms with E-state index in [1.807, 2.05) is 36.4 Å². The molecule has 336 valence electrons. The largest absolute Gasteiger partial charge is 0.354 e. The zero-order chi connectivity index (χ0) is 44.3. The Labute approximate surface area is 372 Å². The fourth-order valence-electron chi connectivity index (χ4n) is 9.56. The fourth-order valence-corrected chi connectivity index (χ4v) is 9.56. The summed E-state index contributed by atoms with van der Waals surface area (Å²) in [7, 11) is 0. The first-order chi connectivity index (χ1) is 30.6. The summed E-state index contributed by atoms with van der Waals surface area (Å²) in [5, 5.41) is 9.37. The maximum absolute atomic E-state index is 14.0. The molecule has 12 nitrogen and oxygen atoms in total. The first kappa shape index (κ1) is 45.5. The second-order valence-electron chi connectivity index (χ2n) is 18.2. The Balaban J connectivity index is 0.931. The molecule has 3 N–H and O–H groups in total. The Morgan fingerprint density at radius 3 is 1.48 bits per heavy atom. The standard InChI is InChI=1S/C51H66N6O6/c1-3-4-5-6-7-8-9-10-11-18-27-52-49(61)46-34-55(28-29-57(46)35(2)58)50(62)38-23-25-39(26-24-38)51(63)56-32-42(47(59)53-44-30-40(44)36-19-14-12-15-20-36)43(33-56)48(60)54-45-31-41(45)37-21-16-13-17-22-37/h12-17,19-26,40-46H,3-11,18,27-34H2,1-2H3,(H,52,61)(H,53,59)(H,54,60)/t40-,41-,42-,43-,44+,45+,46+/m1/s1. The lowest BCUT2D eigenvalue weighted by atomic mass is 9.94. The Kier molecular flexibility index (Phi) is 15.7. The molecular weight excluding hydrogens is 793 g/mol. The summed E-state index contributed by atoms with van der Waals surface area (Å²) < 4.78 is 0. The van der Waals surface area contributed by atoms with Crippen molar-refractivity contribution in [2.24, 2.45) is 11.8 Å². The molecule has 4 fully saturated rings. The lowest BCUT2D eigenvalue weighted by molar-refractivity contribution is -0.141. The number of hydrogen-bond donors (Lipinski definition) is 3. The molecule has 12 heteroatoms. The molecule has 2 heterocycles. The van der Waals surface area contributed by atoms with Crippen molar-refractivity contribution < 1.29 is 28.8 Å². The van der Waals surface area contributed by atoms with Gasteiger partial charge in [0, 0.05) is 74.7 Å². The van der Waals surface area contributed by atoms with Crippen molar-refractivity contribution in [2.45, 2.75) is 121 Å². The van der Waals surface area contributed by atoms with Crippen LogP contribution in [0.15, 0.2) is 84.9 Å². The summed E-state index contributed by atoms with van der Waals surface area (Å²) in [5.74, 6) is -2.50. The number of carbonyl (C=O) groups is 6. The van der Waals surface area contributed by atoms with E-state index in [1.54, 1.807) is 34.1 Å². The number of hydrogen-bond acceptors (Lipinski definition) is 6. The van der Waals surface area contributed by atoms with Gasteiger partial charge in [-0.1, -0.05) is 125 Å². The van der Waals surface area contributed by atoms with Gasteiger partial charge in [0.15, 0.2) is 0 Å². The van der Waals surface area contributed by atoms with Crippen LogP contribution in [0.1, 0.15) is 135 Å². The van der Waals surface area contributed by atoms with Crippen LogP contribution in [0, 0.1) is 11.8 Å². The second kappa shape index (κ2) is 21.7. The van der Waals surface area contributed by atoms with Gasteiger partial charge in [0.2, 0.25) is 23.6 Å². The third kappa shape index (κ3) is 11.9. The molecule has 0 spiro atoms. The van der Waals surface area contributed by atoms with E-state index in [0.717, 1.165) is 32.1 Å². The maximum atomic E-state index is 14.0. The van der Waals surface area contributed by atoms with Crippen molar-refractivity contribution in [3.05, 3.63) is 107 Å². The molecule has 2 aliphatic heterocycles. The van der Waals surface area contributed by atoms with Gasteiger partial charge in [-0.05, 0) is 54.7 Å². The van der Waals surface area contributed by atoms with Gasteiger partial charge < -0.3 is 30.7 Å². The lowest BCUT2D eigenvalue weighted by Gasteiger charge is -2.40. The minimum absolute atomic E-state index is 0.0196. The average molecular weight is 859 g/mol. The molecule has 0 unspecified atom stereocenters. The minimum Gasteiger partial charge on any atom is -0.354 e. The van der Waals surface area contributed by atoms with Crippen molar-refractivity contribution in [3.63, 3.8) is 0 Å². The summed E-state index contributed by atoms with van der Waals surface area (Å²) in [5.41, 5.74) is 3.04. The molecule has 7 rings (SSSR count). The highest BCUT2D eigenvalue weighted by molar-refractivity contribution is 5.99. The van der Waals surface area contributed by atoms with E-state index in [2.05, 4.69) is 47.1 Å². The van der Waals surface area contributed by atoms with Crippen LogP contribution >= 0.6 is 0 Å². The molecule has 3 aromatic carbocycles. The molecule has 0 aromatic heterocycles. The third-order valence-corrected chi connectivity index (χ3v) is 13.6. The number of unbranched alkanes of at least 4 members (excludes halogenated alkanes) is 9. The van der Waals surface area contributed by atoms with Crippen LogP contribution in [0.5, 0.6) is 0 Å². The van der Waals surface area contributed by atoms with Crippen LogP contribution < -0.4 is 16.0 Å². The first-order valence-electron chi connectivity index (χ1n) is 23.6. The third-order valence-electron chi connectivity index (χ3n) is 13.6. The Hall–Kier alpha value is -5.52. The van der Waals surface area contributed by atoms with Crippen molar-refractivity contribution in [2.75, 3.05) is 39.3 Å². The molecule has 6 amide bonds. The van der Waals surface area contributed by atoms with Crippen LogP contribution in [-0.2, 0) is 19.2 Å². The van der Waals surface area contributed by atoms with Gasteiger partial charge in [-0.25, -0.2) is 0 Å². The van der Waals surface area contributed by atoms with E-state index >= 15 is 0 Å². The molecule has 63 heavy (non-hydrogen) atoms. The highest BCUT2D eigenvalue weighted by Crippen LogP contribution is 2.42. The summed E-state index contributed by atoms with van der Waals surface area (Å²) in [6.45, 7) is 5.00. The quantitative estimate of drug-likeness (QED) is 0.112. The summed E-state index contributed by atoms with van der Waals surface area (Å²) in [4.78, 5) is 86.2. The van der Waals surface area contributed by atoms with Gasteiger partial charge in [0.05, 0.1) is 18.4 Å². The van der Waals surface area contributed by atoms with Crippen LogP contribution in [0.3, 0.4) is 0 Å². The number of nitrogens with zero attached hydrogens (tertiary/aromatic N) is 3. The number of rotatable bonds is 20. The zero-order valence-electron chi connectivity index (χ0n) is 37.1. The first-order valence-corrected chi connectivity index (χ1v) is 23.6. The second-order valence-corrected chi connectivity index (χ2v) is 18.2. The number of carbonyl (C=O) groups excluding carboxylic acids is 6. The van der Waals surface area contributed by atoms with Gasteiger partial charge in [-0.3, -0.25) is 28.8 Å². The number of nitrogens with one attached hydrogen (secondary N) is 3. The zero-order valence-corrected chi connectivity index (χ0v) is 37.1. The van der Waals surface area contributed by atoms with E-state index in [-0.39, 0.29) is 92.1 Å². The Morgan fingerprint density at radius 2 is 1.00 bits per heavy atom. The van der Waals surface area contributed by atoms with E-state index in [1.165, 1.54) is 67.9 Å². The molecule has 2 aliphatic carbocycles. The van der Waals surface area contributed by atoms with E-state index in [0.29, 0.717) is 17.7 Å². The summed E-state index contributed by atoms with van der Waals surface area (Å²) in [6.07, 6.45) is 13.6. The average Bonchev–Trinajstić information content (AvgIpc) is 4.22. The molecule has 4 aliphatic rings. The minimum atomic E-state index is -0.789. The Morgan fingerprint density at radius 1 is 0.540 bits per heavy atom. The lowest BCUT2D eigenvalue weighted by Crippen LogP contribution is -2.61. The molecule has 0 radical (unpaired) electrons. The van der Waals surface area contributed by atoms with Crippen LogP contribution in [0.2, 0.25) is 0 Å². The smallest absolute Gasteiger partial charge is 0.253 e. The normalized spacial score (nSPS) is 23.8. The number of amides is 6. The summed E-state index contributed by atoms with van der Waals surface area (Å²) >= 11 is 0. The van der Waals surface area contributed by atoms with Crippen LogP contribution in [-0.4, -0.2) is 108 Å². The summed E-state index contributed by atoms with van der Waals surface area (Å²) in [6, 6.07) is 25.7. The van der Waals surface area contributed by atoms with Gasteiger partial charge in [0.1, 0.15) is 6.04 Å². The van der Waals surface area contributed by atoms with Crippen LogP contribution in [0.25, 0.3) is 0 Å². The molecule has 2 saturated heterocycles. The van der Waals surface area contributed by atoms with Crippen molar-refractivity contribution in [1.82, 2.24) is 30.7 Å². The number of likely N-dealkylation sites (tertiary alicyclic amines) is 1. The van der Waals surface area contributed by atoms with E-state index in [4.69, 9.17) is 0 Å². The van der Waals surface area contributed by atoms with E-state index in [9.17, 15) is 28.8 Å². The van der Waals surface area contributed by atoms with Crippen molar-refractivity contribution in [1.29, 1.82) is 0 Å². The van der Waals surface area contributed by atoms with Gasteiger partial charge >= 0.3 is 0 Å². The number of benzene rings is 3. The predicted molar refractivity (Wildman–Crippen MR) is 243 cm³/mol. The monoisotopic (exact) mass is 859 g/mol. The number of piperazine rings is 1. The maximum Gasteiger partial charge on any atom is 0.253 e. The molecular formula is C51H66N6O6. The SMILES string of the molecule is CCCCCCCCCCCCNC(=O)[C@@H]1CN(C(=O)c2ccc(C(=O)N3C[C@@H](C(=O)N[C@H]4C[C@@H]4c4ccccc4)[C@H](C(=O)N[C@H]4C[C@@H]4c4ccccc4)C3)cc2)CCN1C(C)=O. The van der Waals surface area contributed by atoms with Gasteiger partial charge in [0.25, 0.3) is 11.8 Å². The highest BCUT2D eigenvalue weighted by Gasteiger charge is 2.49. The molecule has 0 bridgehead atoms. The topological polar surface area (TPSA) is 148 Å². The molecule has 2 saturated carbocycles. The molecule has 3 aromatic rings. The highest BCUT2D eigenvalue weighted by atomic mass is 16.2. The molecule has 7 atom stereocenters. The van der Waals surface area contributed by atoms with Gasteiger partial charge in [-0.15, -0.1) is 0 Å². The van der Waals surface area contributed by atoms with Crippen molar-refractivity contribution >= 4 is 35.4 Å². The van der Waals surface area contributed by atoms with Crippen molar-refractivity contribution in [3.8, 4) is 0 Å². The van der Waals surface area contributed by atoms with Crippen LogP contribution in [0.4, 0.5) is 0 Å². The van der Waals surface area contributed by atoms with E-state index < -0.39 is 17.9 Å². The Bertz CT molecular complexity index is 1970. The fraction of sp³-hybridized carbons (Fsp3) is 0.529.